The standard InChI is InChI=1S/C26H29F9N2O4.C26H30F6N2O4.CH4/c27-24(28,29)18-13-16(12-17(14-18)23(20(38)39)5-1-2-6-23)15-37-9-3-4-22(37)7-10-36(11-8-22)21(40)41-19(25(30,31)32)26(33,34)35;1-17(25(27,28)29)38-22(37)33-13-10-24(11-14-33)8-4-12-34(24)16-19-5-6-20(26(30,31)32)15-18(19)7-9-23(2,3)21(35)36;/h12-14,19H,1-11,15H2,(H,38,39);5-6,15,17H,4,8,10-14,16H2,1-3H3,(H,35,36);1H4. The molecule has 12 nitrogen and oxygen atoms in total. The number of rotatable bonds is 9. The van der Waals surface area contributed by atoms with Gasteiger partial charge in [0.2, 0.25) is 0 Å². The largest absolute Gasteiger partial charge is 0.481 e. The van der Waals surface area contributed by atoms with Gasteiger partial charge in [0.25, 0.3) is 6.10 Å². The van der Waals surface area contributed by atoms with E-state index < -0.39 is 94.7 Å². The van der Waals surface area contributed by atoms with Crippen molar-refractivity contribution in [2.24, 2.45) is 5.41 Å². The molecule has 4 saturated heterocycles. The Kier molecular flexibility index (Phi) is 19.6. The molecule has 5 fully saturated rings. The second-order valence-corrected chi connectivity index (χ2v) is 21.4. The minimum absolute atomic E-state index is 0. The summed E-state index contributed by atoms with van der Waals surface area (Å²) in [5.41, 5.74) is -4.84. The van der Waals surface area contributed by atoms with Gasteiger partial charge in [-0.15, -0.1) is 0 Å². The molecule has 80 heavy (non-hydrogen) atoms. The maximum Gasteiger partial charge on any atom is 0.434 e. The van der Waals surface area contributed by atoms with E-state index in [1.165, 1.54) is 30.9 Å². The van der Waals surface area contributed by atoms with Crippen LogP contribution in [0, 0.1) is 17.3 Å². The van der Waals surface area contributed by atoms with Crippen molar-refractivity contribution in [2.75, 3.05) is 39.3 Å². The number of benzene rings is 2. The molecule has 2 aromatic rings. The summed E-state index contributed by atoms with van der Waals surface area (Å²) >= 11 is 0. The Labute approximate surface area is 451 Å². The van der Waals surface area contributed by atoms with Crippen LogP contribution in [0.25, 0.3) is 0 Å². The Balaban J connectivity index is 0.000000291. The summed E-state index contributed by atoms with van der Waals surface area (Å²) in [6.07, 6.45) is -29.3. The van der Waals surface area contributed by atoms with Gasteiger partial charge in [-0.1, -0.05) is 44.2 Å². The van der Waals surface area contributed by atoms with Crippen molar-refractivity contribution >= 4 is 24.1 Å². The van der Waals surface area contributed by atoms with Gasteiger partial charge >= 0.3 is 55.0 Å². The highest BCUT2D eigenvalue weighted by Gasteiger charge is 2.60. The quantitative estimate of drug-likeness (QED) is 0.184. The van der Waals surface area contributed by atoms with E-state index in [1.54, 1.807) is 0 Å². The average molecular weight is 1170 g/mol. The Bertz CT molecular complexity index is 2590. The zero-order valence-electron chi connectivity index (χ0n) is 43.1. The molecule has 2 spiro atoms. The lowest BCUT2D eigenvalue weighted by Crippen LogP contribution is -2.54. The number of amides is 2. The fourth-order valence-corrected chi connectivity index (χ4v) is 11.2. The van der Waals surface area contributed by atoms with Gasteiger partial charge in [-0.05, 0) is 139 Å². The molecule has 5 aliphatic rings. The summed E-state index contributed by atoms with van der Waals surface area (Å²) < 4.78 is 205. The molecule has 0 bridgehead atoms. The van der Waals surface area contributed by atoms with E-state index in [0.29, 0.717) is 57.2 Å². The Hall–Kier alpha value is -5.65. The molecular formula is C53H63F15N4O8. The number of carboxylic acids is 2. The first-order valence-electron chi connectivity index (χ1n) is 25.4. The number of likely N-dealkylation sites (tertiary alicyclic amines) is 4. The molecule has 2 aromatic carbocycles. The maximum atomic E-state index is 13.8. The van der Waals surface area contributed by atoms with Gasteiger partial charge in [0.1, 0.15) is 5.41 Å². The molecule has 2 N–H and O–H groups in total. The van der Waals surface area contributed by atoms with Gasteiger partial charge in [-0.2, -0.15) is 65.9 Å². The lowest BCUT2D eigenvalue weighted by atomic mass is 9.77. The lowest BCUT2D eigenvalue weighted by molar-refractivity contribution is -0.308. The molecule has 27 heteroatoms. The van der Waals surface area contributed by atoms with Gasteiger partial charge in [-0.25, -0.2) is 9.59 Å². The van der Waals surface area contributed by atoms with Crippen molar-refractivity contribution in [2.45, 2.75) is 178 Å². The number of nitrogens with zero attached hydrogens (tertiary/aromatic N) is 4. The zero-order valence-corrected chi connectivity index (χ0v) is 43.1. The molecule has 1 aliphatic carbocycles. The van der Waals surface area contributed by atoms with Crippen LogP contribution in [0.2, 0.25) is 0 Å². The van der Waals surface area contributed by atoms with Crippen LogP contribution in [-0.2, 0) is 49.9 Å². The number of ether oxygens (including phenoxy) is 2. The third kappa shape index (κ3) is 15.1. The van der Waals surface area contributed by atoms with Crippen LogP contribution < -0.4 is 0 Å². The van der Waals surface area contributed by atoms with Gasteiger partial charge < -0.3 is 29.5 Å². The first-order valence-corrected chi connectivity index (χ1v) is 25.4. The first kappa shape index (κ1) is 65.2. The van der Waals surface area contributed by atoms with Gasteiger partial charge in [0.05, 0.1) is 16.5 Å². The molecule has 0 radical (unpaired) electrons. The summed E-state index contributed by atoms with van der Waals surface area (Å²) in [5, 5.41) is 19.3. The minimum atomic E-state index is -5.84. The van der Waals surface area contributed by atoms with E-state index >= 15 is 0 Å². The second kappa shape index (κ2) is 24.1. The van der Waals surface area contributed by atoms with Crippen LogP contribution in [0.3, 0.4) is 0 Å². The molecule has 448 valence electrons. The van der Waals surface area contributed by atoms with Crippen LogP contribution in [0.5, 0.6) is 0 Å². The van der Waals surface area contributed by atoms with Crippen LogP contribution in [0.1, 0.15) is 139 Å². The molecule has 1 unspecified atom stereocenters. The van der Waals surface area contributed by atoms with Crippen molar-refractivity contribution in [1.82, 2.24) is 19.6 Å². The molecule has 2 amide bonds. The second-order valence-electron chi connectivity index (χ2n) is 21.4. The predicted molar refractivity (Wildman–Crippen MR) is 256 cm³/mol. The zero-order chi connectivity index (χ0) is 59.0. The predicted octanol–water partition coefficient (Wildman–Crippen LogP) is 13.0. The van der Waals surface area contributed by atoms with Gasteiger partial charge in [0, 0.05) is 55.9 Å². The normalized spacial score (nSPS) is 20.1. The number of aliphatic carboxylic acids is 2. The Morgan fingerprint density at radius 3 is 1.50 bits per heavy atom. The van der Waals surface area contributed by atoms with Gasteiger partial charge in [-0.3, -0.25) is 19.4 Å². The minimum Gasteiger partial charge on any atom is -0.481 e. The highest BCUT2D eigenvalue weighted by molar-refractivity contribution is 5.82. The van der Waals surface area contributed by atoms with Crippen molar-refractivity contribution in [3.8, 4) is 11.8 Å². The van der Waals surface area contributed by atoms with Crippen LogP contribution in [0.4, 0.5) is 75.4 Å². The van der Waals surface area contributed by atoms with Crippen molar-refractivity contribution < 1.29 is 105 Å². The van der Waals surface area contributed by atoms with E-state index in [4.69, 9.17) is 0 Å². The van der Waals surface area contributed by atoms with E-state index in [0.717, 1.165) is 48.9 Å². The van der Waals surface area contributed by atoms with Gasteiger partial charge in [0.15, 0.2) is 6.10 Å². The fraction of sp³-hybridized carbons (Fsp3) is 0.660. The molecule has 0 aromatic heterocycles. The summed E-state index contributed by atoms with van der Waals surface area (Å²) in [7, 11) is 0. The first-order chi connectivity index (χ1) is 36.3. The van der Waals surface area contributed by atoms with Crippen molar-refractivity contribution in [3.05, 3.63) is 69.8 Å². The van der Waals surface area contributed by atoms with Crippen molar-refractivity contribution in [1.29, 1.82) is 0 Å². The highest BCUT2D eigenvalue weighted by Crippen LogP contribution is 2.46. The highest BCUT2D eigenvalue weighted by atomic mass is 19.4. The number of piperidine rings is 2. The summed E-state index contributed by atoms with van der Waals surface area (Å²) in [4.78, 5) is 54.1. The Morgan fingerprint density at radius 2 is 1.06 bits per heavy atom. The fourth-order valence-electron chi connectivity index (χ4n) is 11.2. The van der Waals surface area contributed by atoms with E-state index in [-0.39, 0.29) is 94.6 Å². The smallest absolute Gasteiger partial charge is 0.434 e. The molecule has 4 heterocycles. The Morgan fingerprint density at radius 1 is 0.588 bits per heavy atom. The summed E-state index contributed by atoms with van der Waals surface area (Å²) in [6, 6.07) is 6.58. The average Bonchev–Trinajstić information content (AvgIpc) is 4.09. The topological polar surface area (TPSA) is 140 Å². The van der Waals surface area contributed by atoms with Crippen LogP contribution in [0.15, 0.2) is 36.4 Å². The maximum absolute atomic E-state index is 13.8. The summed E-state index contributed by atoms with van der Waals surface area (Å²) in [6.45, 7) is 4.85. The third-order valence-corrected chi connectivity index (χ3v) is 15.9. The molecule has 1 atom stereocenters. The monoisotopic (exact) mass is 1170 g/mol. The van der Waals surface area contributed by atoms with Crippen molar-refractivity contribution in [3.63, 3.8) is 0 Å². The molecule has 7 rings (SSSR count). The third-order valence-electron chi connectivity index (χ3n) is 15.9. The number of alkyl halides is 15. The number of halogens is 15. The number of hydrogen-bond acceptors (Lipinski definition) is 8. The number of carbonyl (C=O) groups is 4. The number of carbonyl (C=O) groups excluding carboxylic acids is 2. The summed E-state index contributed by atoms with van der Waals surface area (Å²) in [5.74, 6) is 2.82. The molecular weight excluding hydrogens is 1110 g/mol. The molecule has 1 saturated carbocycles. The van der Waals surface area contributed by atoms with E-state index in [1.807, 2.05) is 4.90 Å². The SMILES string of the molecule is C.CC(OC(=O)N1CCC2(CCCN2Cc2ccc(C(F)(F)F)cc2C#CC(C)(C)C(=O)O)CC1)C(F)(F)F.O=C(OC(C(F)(F)F)C(F)(F)F)N1CCC2(CCCN2Cc2cc(C(F)(F)F)cc(C3(C(=O)O)CCCC3)c2)CC1. The van der Waals surface area contributed by atoms with Crippen LogP contribution in [-0.4, -0.2) is 135 Å². The van der Waals surface area contributed by atoms with Crippen LogP contribution >= 0.6 is 0 Å². The number of hydrogen-bond donors (Lipinski definition) is 2. The molecule has 4 aliphatic heterocycles. The van der Waals surface area contributed by atoms with E-state index in [2.05, 4.69) is 26.2 Å². The van der Waals surface area contributed by atoms with E-state index in [9.17, 15) is 95.2 Å². The lowest BCUT2D eigenvalue weighted by Gasteiger charge is -2.45. The number of carboxylic acid groups (broad SMARTS) is 2.